The highest BCUT2D eigenvalue weighted by Crippen LogP contribution is 2.17. The van der Waals surface area contributed by atoms with Gasteiger partial charge >= 0.3 is 0 Å². The molecule has 0 saturated carbocycles. The van der Waals surface area contributed by atoms with Gasteiger partial charge in [-0.3, -0.25) is 4.98 Å². The van der Waals surface area contributed by atoms with E-state index in [1.54, 1.807) is 0 Å². The molecule has 0 aliphatic carbocycles. The Kier molecular flexibility index (Phi) is 3.59. The van der Waals surface area contributed by atoms with Gasteiger partial charge in [-0.25, -0.2) is 0 Å². The lowest BCUT2D eigenvalue weighted by atomic mass is 10.1. The van der Waals surface area contributed by atoms with Crippen molar-refractivity contribution in [2.75, 3.05) is 5.32 Å². The molecule has 18 heavy (non-hydrogen) atoms. The van der Waals surface area contributed by atoms with Crippen LogP contribution in [0.15, 0.2) is 36.5 Å². The standard InChI is InChI=1S/C15H15N3/c1-11-3-5-13(8-16)7-15(11)18-10-14-6-4-12(2)17-9-14/h3-7,9,18H,10H2,1-2H3. The van der Waals surface area contributed by atoms with Gasteiger partial charge < -0.3 is 5.32 Å². The van der Waals surface area contributed by atoms with Crippen LogP contribution in [0.5, 0.6) is 0 Å². The fourth-order valence-electron chi connectivity index (χ4n) is 1.68. The van der Waals surface area contributed by atoms with E-state index in [1.165, 1.54) is 0 Å². The minimum absolute atomic E-state index is 0.671. The van der Waals surface area contributed by atoms with E-state index in [2.05, 4.69) is 22.4 Å². The molecule has 0 amide bonds. The molecule has 1 N–H and O–H groups in total. The summed E-state index contributed by atoms with van der Waals surface area (Å²) in [6, 6.07) is 11.8. The van der Waals surface area contributed by atoms with Crippen molar-refractivity contribution >= 4 is 5.69 Å². The molecule has 90 valence electrons. The van der Waals surface area contributed by atoms with Crippen LogP contribution in [0.3, 0.4) is 0 Å². The molecule has 3 heteroatoms. The summed E-state index contributed by atoms with van der Waals surface area (Å²) in [5.74, 6) is 0. The molecule has 2 rings (SSSR count). The number of aromatic nitrogens is 1. The van der Waals surface area contributed by atoms with Crippen molar-refractivity contribution in [2.45, 2.75) is 20.4 Å². The second-order valence-electron chi connectivity index (χ2n) is 4.30. The van der Waals surface area contributed by atoms with Crippen molar-refractivity contribution in [3.63, 3.8) is 0 Å². The summed E-state index contributed by atoms with van der Waals surface area (Å²) in [6.45, 7) is 4.71. The van der Waals surface area contributed by atoms with E-state index in [1.807, 2.05) is 44.3 Å². The fourth-order valence-corrected chi connectivity index (χ4v) is 1.68. The van der Waals surface area contributed by atoms with E-state index in [4.69, 9.17) is 5.26 Å². The Bertz CT molecular complexity index is 580. The van der Waals surface area contributed by atoms with Crippen LogP contribution in [-0.2, 0) is 6.54 Å². The SMILES string of the molecule is Cc1ccc(CNc2cc(C#N)ccc2C)cn1. The number of rotatable bonds is 3. The maximum atomic E-state index is 8.88. The lowest BCUT2D eigenvalue weighted by Crippen LogP contribution is -2.02. The molecule has 0 aliphatic rings. The largest absolute Gasteiger partial charge is 0.381 e. The first kappa shape index (κ1) is 12.1. The van der Waals surface area contributed by atoms with E-state index >= 15 is 0 Å². The molecule has 0 aliphatic heterocycles. The molecule has 0 saturated heterocycles. The molecule has 0 unspecified atom stereocenters. The van der Waals surface area contributed by atoms with Crippen molar-refractivity contribution in [1.29, 1.82) is 5.26 Å². The molecule has 3 nitrogen and oxygen atoms in total. The second-order valence-corrected chi connectivity index (χ2v) is 4.30. The number of nitrogens with one attached hydrogen (secondary N) is 1. The van der Waals surface area contributed by atoms with Crippen molar-refractivity contribution in [3.05, 3.63) is 58.9 Å². The number of aryl methyl sites for hydroxylation is 2. The van der Waals surface area contributed by atoms with Gasteiger partial charge in [0.15, 0.2) is 0 Å². The van der Waals surface area contributed by atoms with Crippen molar-refractivity contribution in [1.82, 2.24) is 4.98 Å². The predicted molar refractivity (Wildman–Crippen MR) is 72.2 cm³/mol. The van der Waals surface area contributed by atoms with Crippen LogP contribution in [0.2, 0.25) is 0 Å². The monoisotopic (exact) mass is 237 g/mol. The van der Waals surface area contributed by atoms with E-state index in [0.29, 0.717) is 12.1 Å². The summed E-state index contributed by atoms with van der Waals surface area (Å²) < 4.78 is 0. The Morgan fingerprint density at radius 2 is 2.06 bits per heavy atom. The number of benzene rings is 1. The van der Waals surface area contributed by atoms with E-state index in [0.717, 1.165) is 22.5 Å². The second kappa shape index (κ2) is 5.33. The van der Waals surface area contributed by atoms with E-state index < -0.39 is 0 Å². The fraction of sp³-hybridized carbons (Fsp3) is 0.200. The molecule has 1 aromatic heterocycles. The summed E-state index contributed by atoms with van der Waals surface area (Å²) in [5.41, 5.74) is 4.94. The minimum Gasteiger partial charge on any atom is -0.381 e. The number of nitriles is 1. The van der Waals surface area contributed by atoms with Crippen LogP contribution in [0.25, 0.3) is 0 Å². The number of hydrogen-bond acceptors (Lipinski definition) is 3. The predicted octanol–water partition coefficient (Wildman–Crippen LogP) is 3.18. The molecule has 1 heterocycles. The zero-order chi connectivity index (χ0) is 13.0. The molecule has 0 fully saturated rings. The summed E-state index contributed by atoms with van der Waals surface area (Å²) in [7, 11) is 0. The Morgan fingerprint density at radius 1 is 1.22 bits per heavy atom. The van der Waals surface area contributed by atoms with Crippen LogP contribution in [0.1, 0.15) is 22.4 Å². The maximum Gasteiger partial charge on any atom is 0.0992 e. The van der Waals surface area contributed by atoms with Gasteiger partial charge in [-0.05, 0) is 43.2 Å². The van der Waals surface area contributed by atoms with Gasteiger partial charge in [0.2, 0.25) is 0 Å². The first-order chi connectivity index (χ1) is 8.69. The van der Waals surface area contributed by atoms with E-state index in [9.17, 15) is 0 Å². The van der Waals surface area contributed by atoms with Gasteiger partial charge in [0, 0.05) is 24.1 Å². The summed E-state index contributed by atoms with van der Waals surface area (Å²) in [5, 5.41) is 12.2. The quantitative estimate of drug-likeness (QED) is 0.891. The summed E-state index contributed by atoms with van der Waals surface area (Å²) >= 11 is 0. The van der Waals surface area contributed by atoms with Crippen LogP contribution in [0, 0.1) is 25.2 Å². The smallest absolute Gasteiger partial charge is 0.0992 e. The highest BCUT2D eigenvalue weighted by atomic mass is 14.9. The summed E-state index contributed by atoms with van der Waals surface area (Å²) in [6.07, 6.45) is 1.87. The molecule has 0 spiro atoms. The molecular weight excluding hydrogens is 222 g/mol. The van der Waals surface area contributed by atoms with Gasteiger partial charge in [0.25, 0.3) is 0 Å². The minimum atomic E-state index is 0.671. The Labute approximate surface area is 107 Å². The number of hydrogen-bond donors (Lipinski definition) is 1. The van der Waals surface area contributed by atoms with Crippen molar-refractivity contribution in [3.8, 4) is 6.07 Å². The van der Waals surface area contributed by atoms with Crippen LogP contribution in [0.4, 0.5) is 5.69 Å². The third-order valence-electron chi connectivity index (χ3n) is 2.82. The topological polar surface area (TPSA) is 48.7 Å². The Balaban J connectivity index is 2.10. The Morgan fingerprint density at radius 3 is 2.72 bits per heavy atom. The van der Waals surface area contributed by atoms with Gasteiger partial charge in [-0.1, -0.05) is 12.1 Å². The average Bonchev–Trinajstić information content (AvgIpc) is 2.40. The van der Waals surface area contributed by atoms with Gasteiger partial charge in [0.05, 0.1) is 11.6 Å². The maximum absolute atomic E-state index is 8.88. The summed E-state index contributed by atoms with van der Waals surface area (Å²) in [4.78, 5) is 4.26. The van der Waals surface area contributed by atoms with Gasteiger partial charge in [-0.2, -0.15) is 5.26 Å². The molecule has 1 aromatic carbocycles. The number of pyridine rings is 1. The lowest BCUT2D eigenvalue weighted by molar-refractivity contribution is 1.08. The first-order valence-corrected chi connectivity index (χ1v) is 5.85. The average molecular weight is 237 g/mol. The van der Waals surface area contributed by atoms with Crippen LogP contribution >= 0.6 is 0 Å². The zero-order valence-electron chi connectivity index (χ0n) is 10.6. The molecule has 0 atom stereocenters. The van der Waals surface area contributed by atoms with Crippen molar-refractivity contribution < 1.29 is 0 Å². The zero-order valence-corrected chi connectivity index (χ0v) is 10.6. The third kappa shape index (κ3) is 2.86. The Hall–Kier alpha value is -2.34. The highest BCUT2D eigenvalue weighted by molar-refractivity contribution is 5.55. The molecule has 0 radical (unpaired) electrons. The molecule has 0 bridgehead atoms. The third-order valence-corrected chi connectivity index (χ3v) is 2.82. The normalized spacial score (nSPS) is 9.83. The van der Waals surface area contributed by atoms with Crippen molar-refractivity contribution in [2.24, 2.45) is 0 Å². The number of nitrogens with zero attached hydrogens (tertiary/aromatic N) is 2. The van der Waals surface area contributed by atoms with Crippen LogP contribution in [-0.4, -0.2) is 4.98 Å². The first-order valence-electron chi connectivity index (χ1n) is 5.85. The molecule has 2 aromatic rings. The van der Waals surface area contributed by atoms with Crippen LogP contribution < -0.4 is 5.32 Å². The number of anilines is 1. The highest BCUT2D eigenvalue weighted by Gasteiger charge is 2.00. The lowest BCUT2D eigenvalue weighted by Gasteiger charge is -2.09. The molecular formula is C15H15N3. The van der Waals surface area contributed by atoms with Gasteiger partial charge in [0.1, 0.15) is 0 Å². The van der Waals surface area contributed by atoms with E-state index in [-0.39, 0.29) is 0 Å². The van der Waals surface area contributed by atoms with Gasteiger partial charge in [-0.15, -0.1) is 0 Å².